The lowest BCUT2D eigenvalue weighted by atomic mass is 10.1. The van der Waals surface area contributed by atoms with E-state index in [0.29, 0.717) is 11.4 Å². The van der Waals surface area contributed by atoms with Gasteiger partial charge in [0.15, 0.2) is 0 Å². The first-order chi connectivity index (χ1) is 13.6. The van der Waals surface area contributed by atoms with Gasteiger partial charge in [-0.15, -0.1) is 5.10 Å². The summed E-state index contributed by atoms with van der Waals surface area (Å²) in [6.45, 7) is 3.84. The number of hydrogen-bond acceptors (Lipinski definition) is 5. The van der Waals surface area contributed by atoms with Crippen molar-refractivity contribution in [2.75, 3.05) is 6.61 Å². The van der Waals surface area contributed by atoms with Crippen LogP contribution in [-0.2, 0) is 4.74 Å². The van der Waals surface area contributed by atoms with Crippen molar-refractivity contribution in [2.24, 2.45) is 0 Å². The second kappa shape index (κ2) is 7.11. The highest BCUT2D eigenvalue weighted by atomic mass is 16.5. The Balaban J connectivity index is 2.03. The van der Waals surface area contributed by atoms with Crippen LogP contribution in [0.1, 0.15) is 23.1 Å². The summed E-state index contributed by atoms with van der Waals surface area (Å²) in [5, 5.41) is 4.36. The Morgan fingerprint density at radius 2 is 1.86 bits per heavy atom. The zero-order valence-electron chi connectivity index (χ0n) is 15.5. The van der Waals surface area contributed by atoms with E-state index >= 15 is 0 Å². The molecule has 0 unspecified atom stereocenters. The van der Waals surface area contributed by atoms with Crippen molar-refractivity contribution in [1.29, 1.82) is 0 Å². The highest BCUT2D eigenvalue weighted by molar-refractivity contribution is 5.86. The maximum atomic E-state index is 12.9. The first kappa shape index (κ1) is 17.7. The number of fused-ring (bicyclic) bond motifs is 1. The molecule has 0 aliphatic carbocycles. The number of aryl methyl sites for hydroxylation is 1. The van der Waals surface area contributed by atoms with Crippen LogP contribution in [0, 0.1) is 6.92 Å². The Morgan fingerprint density at radius 3 is 2.57 bits per heavy atom. The third kappa shape index (κ3) is 3.07. The van der Waals surface area contributed by atoms with Gasteiger partial charge in [0, 0.05) is 11.6 Å². The van der Waals surface area contributed by atoms with Crippen LogP contribution in [-0.4, -0.2) is 31.7 Å². The monoisotopic (exact) mass is 374 g/mol. The maximum absolute atomic E-state index is 12.9. The average Bonchev–Trinajstić information content (AvgIpc) is 3.09. The minimum Gasteiger partial charge on any atom is -0.460 e. The standard InChI is InChI=1S/C21H18N4O3/c1-3-28-20(27)19-23-25(16-11-7-8-14(2)12-16)21-22-17(13-18(26)24(19)21)15-9-5-4-6-10-15/h4-13H,3H2,1-2H3. The van der Waals surface area contributed by atoms with Gasteiger partial charge in [-0.05, 0) is 31.5 Å². The molecule has 0 bridgehead atoms. The van der Waals surface area contributed by atoms with Crippen molar-refractivity contribution < 1.29 is 9.53 Å². The van der Waals surface area contributed by atoms with Crippen LogP contribution in [0.4, 0.5) is 0 Å². The summed E-state index contributed by atoms with van der Waals surface area (Å²) in [7, 11) is 0. The summed E-state index contributed by atoms with van der Waals surface area (Å²) in [5.41, 5.74) is 2.63. The highest BCUT2D eigenvalue weighted by Gasteiger charge is 2.22. The fourth-order valence-electron chi connectivity index (χ4n) is 3.01. The average molecular weight is 374 g/mol. The second-order valence-corrected chi connectivity index (χ2v) is 6.28. The van der Waals surface area contributed by atoms with Crippen molar-refractivity contribution in [1.82, 2.24) is 19.2 Å². The maximum Gasteiger partial charge on any atom is 0.376 e. The SMILES string of the molecule is CCOC(=O)c1nn(-c2cccc(C)c2)c2nc(-c3ccccc3)cc(=O)n12. The molecule has 0 saturated heterocycles. The van der Waals surface area contributed by atoms with E-state index in [1.54, 1.807) is 6.92 Å². The number of carbonyl (C=O) groups is 1. The van der Waals surface area contributed by atoms with E-state index in [0.717, 1.165) is 11.1 Å². The van der Waals surface area contributed by atoms with Gasteiger partial charge in [-0.2, -0.15) is 4.68 Å². The topological polar surface area (TPSA) is 78.5 Å². The van der Waals surface area contributed by atoms with Gasteiger partial charge in [-0.25, -0.2) is 14.2 Å². The minimum atomic E-state index is -0.671. The molecule has 0 radical (unpaired) electrons. The summed E-state index contributed by atoms with van der Waals surface area (Å²) < 4.78 is 7.76. The number of ether oxygens (including phenoxy) is 1. The zero-order valence-corrected chi connectivity index (χ0v) is 15.5. The normalized spacial score (nSPS) is 10.9. The van der Waals surface area contributed by atoms with Gasteiger partial charge >= 0.3 is 5.97 Å². The quantitative estimate of drug-likeness (QED) is 0.513. The van der Waals surface area contributed by atoms with E-state index in [1.807, 2.05) is 61.5 Å². The largest absolute Gasteiger partial charge is 0.460 e. The summed E-state index contributed by atoms with van der Waals surface area (Å²) in [6.07, 6.45) is 0. The molecule has 0 N–H and O–H groups in total. The number of benzene rings is 2. The molecule has 0 atom stereocenters. The third-order valence-corrected chi connectivity index (χ3v) is 4.27. The molecular formula is C21H18N4O3. The van der Waals surface area contributed by atoms with Crippen LogP contribution in [0.2, 0.25) is 0 Å². The van der Waals surface area contributed by atoms with Gasteiger partial charge in [-0.3, -0.25) is 4.79 Å². The fraction of sp³-hybridized carbons (Fsp3) is 0.143. The third-order valence-electron chi connectivity index (χ3n) is 4.27. The molecule has 0 spiro atoms. The van der Waals surface area contributed by atoms with E-state index in [1.165, 1.54) is 15.1 Å². The number of rotatable bonds is 4. The lowest BCUT2D eigenvalue weighted by molar-refractivity contribution is 0.0509. The van der Waals surface area contributed by atoms with Crippen LogP contribution < -0.4 is 5.56 Å². The molecule has 7 nitrogen and oxygen atoms in total. The van der Waals surface area contributed by atoms with Crippen molar-refractivity contribution in [3.05, 3.63) is 82.4 Å². The molecular weight excluding hydrogens is 356 g/mol. The zero-order chi connectivity index (χ0) is 19.7. The lowest BCUT2D eigenvalue weighted by Crippen LogP contribution is -2.20. The molecule has 0 aliphatic rings. The van der Waals surface area contributed by atoms with Gasteiger partial charge in [0.05, 0.1) is 18.0 Å². The summed E-state index contributed by atoms with van der Waals surface area (Å²) in [6, 6.07) is 18.4. The molecule has 2 heterocycles. The molecule has 0 saturated carbocycles. The van der Waals surface area contributed by atoms with Crippen molar-refractivity contribution in [3.63, 3.8) is 0 Å². The first-order valence-corrected chi connectivity index (χ1v) is 8.91. The molecule has 4 aromatic rings. The Labute approximate surface area is 160 Å². The summed E-state index contributed by atoms with van der Waals surface area (Å²) in [5.74, 6) is -0.522. The van der Waals surface area contributed by atoms with Gasteiger partial charge in [0.25, 0.3) is 5.56 Å². The number of esters is 1. The predicted molar refractivity (Wildman–Crippen MR) is 105 cm³/mol. The van der Waals surface area contributed by atoms with Crippen LogP contribution in [0.5, 0.6) is 0 Å². The molecule has 2 aromatic heterocycles. The number of aromatic nitrogens is 4. The minimum absolute atomic E-state index is 0.101. The Bertz CT molecular complexity index is 1230. The molecule has 0 aliphatic heterocycles. The fourth-order valence-corrected chi connectivity index (χ4v) is 3.01. The van der Waals surface area contributed by atoms with E-state index in [4.69, 9.17) is 4.74 Å². The van der Waals surface area contributed by atoms with Gasteiger partial charge < -0.3 is 4.74 Å². The second-order valence-electron chi connectivity index (χ2n) is 6.28. The predicted octanol–water partition coefficient (Wildman–Crippen LogP) is 3.03. The first-order valence-electron chi connectivity index (χ1n) is 8.91. The van der Waals surface area contributed by atoms with Gasteiger partial charge in [0.1, 0.15) is 0 Å². The molecule has 4 rings (SSSR count). The Hall–Kier alpha value is -3.74. The highest BCUT2D eigenvalue weighted by Crippen LogP contribution is 2.19. The number of nitrogens with zero attached hydrogens (tertiary/aromatic N) is 4. The van der Waals surface area contributed by atoms with Crippen molar-refractivity contribution in [3.8, 4) is 16.9 Å². The van der Waals surface area contributed by atoms with E-state index in [-0.39, 0.29) is 18.2 Å². The van der Waals surface area contributed by atoms with Crippen LogP contribution >= 0.6 is 0 Å². The van der Waals surface area contributed by atoms with Crippen molar-refractivity contribution in [2.45, 2.75) is 13.8 Å². The number of hydrogen-bond donors (Lipinski definition) is 0. The van der Waals surface area contributed by atoms with E-state index < -0.39 is 11.5 Å². The Kier molecular flexibility index (Phi) is 4.49. The molecule has 7 heteroatoms. The van der Waals surface area contributed by atoms with Gasteiger partial charge in [0.2, 0.25) is 11.6 Å². The summed E-state index contributed by atoms with van der Waals surface area (Å²) >= 11 is 0. The molecule has 0 fully saturated rings. The molecule has 0 amide bonds. The van der Waals surface area contributed by atoms with E-state index in [9.17, 15) is 9.59 Å². The smallest absolute Gasteiger partial charge is 0.376 e. The van der Waals surface area contributed by atoms with E-state index in [2.05, 4.69) is 10.1 Å². The molecule has 28 heavy (non-hydrogen) atoms. The number of carbonyl (C=O) groups excluding carboxylic acids is 1. The van der Waals surface area contributed by atoms with Crippen LogP contribution in [0.3, 0.4) is 0 Å². The van der Waals surface area contributed by atoms with Crippen molar-refractivity contribution >= 4 is 11.7 Å². The Morgan fingerprint density at radius 1 is 1.07 bits per heavy atom. The lowest BCUT2D eigenvalue weighted by Gasteiger charge is -2.05. The molecule has 2 aromatic carbocycles. The van der Waals surface area contributed by atoms with Crippen LogP contribution in [0.15, 0.2) is 65.5 Å². The van der Waals surface area contributed by atoms with Gasteiger partial charge in [-0.1, -0.05) is 42.5 Å². The molecule has 140 valence electrons. The van der Waals surface area contributed by atoms with Crippen LogP contribution in [0.25, 0.3) is 22.7 Å². The summed E-state index contributed by atoms with van der Waals surface area (Å²) in [4.78, 5) is 29.9.